The van der Waals surface area contributed by atoms with Crippen LogP contribution >= 0.6 is 0 Å². The predicted octanol–water partition coefficient (Wildman–Crippen LogP) is 1.80. The van der Waals surface area contributed by atoms with Crippen molar-refractivity contribution < 1.29 is 13.2 Å². The number of hydrogen-bond acceptors (Lipinski definition) is 5. The molecule has 4 heterocycles. The summed E-state index contributed by atoms with van der Waals surface area (Å²) in [5.41, 5.74) is 2.60. The molecule has 1 atom stereocenters. The fraction of sp³-hybridized carbons (Fsp3) is 0.353. The smallest absolute Gasteiger partial charge is 0.264 e. The quantitative estimate of drug-likeness (QED) is 0.832. The molecule has 0 amide bonds. The lowest BCUT2D eigenvalue weighted by Crippen LogP contribution is -2.45. The van der Waals surface area contributed by atoms with Crippen LogP contribution in [0.1, 0.15) is 12.0 Å². The minimum absolute atomic E-state index is 0.0191. The molecule has 2 bridgehead atoms. The number of ether oxygens (including phenoxy) is 1. The normalized spacial score (nSPS) is 21.4. The highest BCUT2D eigenvalue weighted by atomic mass is 32.2. The van der Waals surface area contributed by atoms with Crippen LogP contribution in [0.3, 0.4) is 0 Å². The first-order chi connectivity index (χ1) is 11.6. The van der Waals surface area contributed by atoms with E-state index in [1.54, 1.807) is 41.0 Å². The fourth-order valence-electron chi connectivity index (χ4n) is 3.92. The van der Waals surface area contributed by atoms with Gasteiger partial charge in [0, 0.05) is 25.7 Å². The lowest BCUT2D eigenvalue weighted by molar-refractivity contribution is 0.356. The predicted molar refractivity (Wildman–Crippen MR) is 90.2 cm³/mol. The topological polar surface area (TPSA) is 62.7 Å². The van der Waals surface area contributed by atoms with Crippen molar-refractivity contribution in [2.45, 2.75) is 23.8 Å². The van der Waals surface area contributed by atoms with Crippen LogP contribution in [0.2, 0.25) is 0 Å². The Hall–Kier alpha value is -2.28. The number of rotatable bonds is 2. The Kier molecular flexibility index (Phi) is 2.85. The summed E-state index contributed by atoms with van der Waals surface area (Å²) >= 11 is 0. The summed E-state index contributed by atoms with van der Waals surface area (Å²) in [7, 11) is -3.61. The first-order valence-corrected chi connectivity index (χ1v) is 9.58. The third kappa shape index (κ3) is 1.87. The van der Waals surface area contributed by atoms with Gasteiger partial charge in [-0.1, -0.05) is 0 Å². The summed E-state index contributed by atoms with van der Waals surface area (Å²) in [6.07, 6.45) is 5.01. The van der Waals surface area contributed by atoms with Gasteiger partial charge in [0.2, 0.25) is 0 Å². The third-order valence-corrected chi connectivity index (χ3v) is 6.93. The number of sulfonamides is 1. The first kappa shape index (κ1) is 14.1. The Balaban J connectivity index is 1.65. The van der Waals surface area contributed by atoms with Crippen LogP contribution in [-0.2, 0) is 16.4 Å². The van der Waals surface area contributed by atoms with E-state index in [0.29, 0.717) is 11.5 Å². The van der Waals surface area contributed by atoms with Crippen molar-refractivity contribution in [2.75, 3.05) is 28.9 Å². The zero-order valence-electron chi connectivity index (χ0n) is 13.1. The van der Waals surface area contributed by atoms with E-state index >= 15 is 0 Å². The van der Waals surface area contributed by atoms with Crippen molar-refractivity contribution in [1.29, 1.82) is 0 Å². The van der Waals surface area contributed by atoms with E-state index in [1.807, 2.05) is 0 Å². The summed E-state index contributed by atoms with van der Waals surface area (Å²) in [5.74, 6) is 0.796. The highest BCUT2D eigenvalue weighted by Crippen LogP contribution is 2.42. The molecule has 24 heavy (non-hydrogen) atoms. The number of nitrogens with zero attached hydrogens (tertiary/aromatic N) is 3. The van der Waals surface area contributed by atoms with Crippen LogP contribution in [-0.4, -0.2) is 39.1 Å². The molecule has 1 fully saturated rings. The summed E-state index contributed by atoms with van der Waals surface area (Å²) in [5, 5.41) is 0. The van der Waals surface area contributed by atoms with Crippen molar-refractivity contribution in [1.82, 2.24) is 4.98 Å². The number of aromatic nitrogens is 1. The van der Waals surface area contributed by atoms with Crippen LogP contribution in [0.25, 0.3) is 0 Å². The summed E-state index contributed by atoms with van der Waals surface area (Å²) in [4.78, 5) is 6.73. The molecule has 1 saturated heterocycles. The van der Waals surface area contributed by atoms with E-state index in [0.717, 1.165) is 48.6 Å². The Morgan fingerprint density at radius 1 is 1.21 bits per heavy atom. The third-order valence-electron chi connectivity index (χ3n) is 5.07. The maximum Gasteiger partial charge on any atom is 0.264 e. The van der Waals surface area contributed by atoms with E-state index in [2.05, 4.69) is 9.88 Å². The van der Waals surface area contributed by atoms with Crippen LogP contribution in [0.5, 0.6) is 5.75 Å². The van der Waals surface area contributed by atoms with Crippen LogP contribution in [0.15, 0.2) is 41.6 Å². The van der Waals surface area contributed by atoms with Gasteiger partial charge in [-0.3, -0.25) is 9.29 Å². The molecule has 7 heteroatoms. The van der Waals surface area contributed by atoms with Crippen molar-refractivity contribution in [3.8, 4) is 5.75 Å². The number of anilines is 2. The molecule has 1 aromatic heterocycles. The van der Waals surface area contributed by atoms with Gasteiger partial charge < -0.3 is 9.64 Å². The molecule has 5 rings (SSSR count). The largest absolute Gasteiger partial charge is 0.493 e. The Morgan fingerprint density at radius 2 is 2.12 bits per heavy atom. The molecule has 2 aromatic rings. The average Bonchev–Trinajstić information content (AvgIpc) is 3.22. The maximum absolute atomic E-state index is 13.4. The fourth-order valence-corrected chi connectivity index (χ4v) is 5.66. The number of pyridine rings is 1. The van der Waals surface area contributed by atoms with Gasteiger partial charge in [-0.25, -0.2) is 8.42 Å². The summed E-state index contributed by atoms with van der Waals surface area (Å²) in [6.45, 7) is 2.22. The number of fused-ring (bicyclic) bond motifs is 5. The molecule has 0 saturated carbocycles. The molecular weight excluding hydrogens is 326 g/mol. The van der Waals surface area contributed by atoms with E-state index in [9.17, 15) is 8.42 Å². The molecule has 1 unspecified atom stereocenters. The zero-order chi connectivity index (χ0) is 16.3. The lowest BCUT2D eigenvalue weighted by Gasteiger charge is -2.37. The van der Waals surface area contributed by atoms with E-state index in [-0.39, 0.29) is 6.04 Å². The van der Waals surface area contributed by atoms with Gasteiger partial charge >= 0.3 is 0 Å². The average molecular weight is 343 g/mol. The Labute approximate surface area is 140 Å². The molecule has 3 aliphatic heterocycles. The summed E-state index contributed by atoms with van der Waals surface area (Å²) in [6, 6.07) is 6.97. The van der Waals surface area contributed by atoms with E-state index < -0.39 is 10.0 Å². The Morgan fingerprint density at radius 3 is 3.04 bits per heavy atom. The second-order valence-electron chi connectivity index (χ2n) is 6.42. The van der Waals surface area contributed by atoms with Gasteiger partial charge in [0.05, 0.1) is 35.1 Å². The molecule has 1 aromatic carbocycles. The molecule has 124 valence electrons. The molecule has 6 nitrogen and oxygen atoms in total. The lowest BCUT2D eigenvalue weighted by atomic mass is 10.2. The van der Waals surface area contributed by atoms with Gasteiger partial charge in [0.1, 0.15) is 5.75 Å². The zero-order valence-corrected chi connectivity index (χ0v) is 13.9. The molecule has 0 spiro atoms. The van der Waals surface area contributed by atoms with E-state index in [1.165, 1.54) is 0 Å². The van der Waals surface area contributed by atoms with Gasteiger partial charge in [-0.15, -0.1) is 0 Å². The Bertz CT molecular complexity index is 928. The monoisotopic (exact) mass is 343 g/mol. The standard InChI is InChI=1S/C17H17N3O3S/c21-24(22,14-1-2-17-12(9-14)5-8-23-17)20-13-4-7-19(11-13)16-10-18-6-3-15(16)20/h1-3,6,9-10,13H,4-5,7-8,11H2. The highest BCUT2D eigenvalue weighted by Gasteiger charge is 2.42. The molecule has 0 radical (unpaired) electrons. The molecular formula is C17H17N3O3S. The second kappa shape index (κ2) is 4.86. The molecule has 0 N–H and O–H groups in total. The van der Waals surface area contributed by atoms with Gasteiger partial charge in [-0.05, 0) is 36.2 Å². The van der Waals surface area contributed by atoms with Crippen molar-refractivity contribution >= 4 is 21.4 Å². The summed E-state index contributed by atoms with van der Waals surface area (Å²) < 4.78 is 33.9. The molecule has 0 aliphatic carbocycles. The highest BCUT2D eigenvalue weighted by molar-refractivity contribution is 7.92. The molecule has 3 aliphatic rings. The van der Waals surface area contributed by atoms with Crippen molar-refractivity contribution in [3.05, 3.63) is 42.2 Å². The number of hydrogen-bond donors (Lipinski definition) is 0. The minimum atomic E-state index is -3.61. The van der Waals surface area contributed by atoms with Gasteiger partial charge in [0.25, 0.3) is 10.0 Å². The van der Waals surface area contributed by atoms with Crippen LogP contribution in [0, 0.1) is 0 Å². The van der Waals surface area contributed by atoms with Crippen molar-refractivity contribution in [3.63, 3.8) is 0 Å². The minimum Gasteiger partial charge on any atom is -0.493 e. The van der Waals surface area contributed by atoms with Crippen molar-refractivity contribution in [2.24, 2.45) is 0 Å². The SMILES string of the molecule is O=S(=O)(c1ccc2c(c1)CCO2)N1c2ccncc2N2CCC1C2. The number of benzene rings is 1. The second-order valence-corrected chi connectivity index (χ2v) is 8.24. The van der Waals surface area contributed by atoms with Gasteiger partial charge in [0.15, 0.2) is 0 Å². The van der Waals surface area contributed by atoms with Gasteiger partial charge in [-0.2, -0.15) is 0 Å². The van der Waals surface area contributed by atoms with Crippen LogP contribution in [0.4, 0.5) is 11.4 Å². The maximum atomic E-state index is 13.4. The van der Waals surface area contributed by atoms with E-state index in [4.69, 9.17) is 4.74 Å². The van der Waals surface area contributed by atoms with Crippen LogP contribution < -0.4 is 13.9 Å². The first-order valence-electron chi connectivity index (χ1n) is 8.14.